The van der Waals surface area contributed by atoms with Crippen LogP contribution in [-0.4, -0.2) is 23.2 Å². The minimum Gasteiger partial charge on any atom is -0.291 e. The molecule has 0 saturated carbocycles. The first-order valence-electron chi connectivity index (χ1n) is 6.22. The van der Waals surface area contributed by atoms with Crippen LogP contribution in [0.2, 0.25) is 0 Å². The Bertz CT molecular complexity index is 723. The molecule has 2 rings (SSSR count). The molecule has 0 radical (unpaired) electrons. The summed E-state index contributed by atoms with van der Waals surface area (Å²) in [6, 6.07) is 3.95. The molecule has 110 valence electrons. The highest BCUT2D eigenvalue weighted by Crippen LogP contribution is 2.32. The van der Waals surface area contributed by atoms with Crippen LogP contribution < -0.4 is 5.14 Å². The highest BCUT2D eigenvalue weighted by Gasteiger charge is 2.29. The summed E-state index contributed by atoms with van der Waals surface area (Å²) in [5, 5.41) is 12.8. The van der Waals surface area contributed by atoms with Gasteiger partial charge < -0.3 is 0 Å². The lowest BCUT2D eigenvalue weighted by Crippen LogP contribution is -2.29. The van der Waals surface area contributed by atoms with Crippen molar-refractivity contribution in [3.63, 3.8) is 0 Å². The van der Waals surface area contributed by atoms with Crippen LogP contribution in [-0.2, 0) is 22.0 Å². The summed E-state index contributed by atoms with van der Waals surface area (Å²) in [6.45, 7) is 7.74. The summed E-state index contributed by atoms with van der Waals surface area (Å²) in [5.74, 6) is 0.534. The van der Waals surface area contributed by atoms with E-state index in [4.69, 9.17) is 5.14 Å². The predicted octanol–water partition coefficient (Wildman–Crippen LogP) is 1.97. The predicted molar refractivity (Wildman–Crippen MR) is 79.1 cm³/mol. The zero-order valence-corrected chi connectivity index (χ0v) is 13.5. The van der Waals surface area contributed by atoms with E-state index in [1.165, 1.54) is 4.88 Å². The molecule has 2 N–H and O–H groups in total. The highest BCUT2D eigenvalue weighted by atomic mass is 32.2. The molecule has 2 aromatic rings. The molecule has 0 aliphatic rings. The summed E-state index contributed by atoms with van der Waals surface area (Å²) in [7, 11) is -3.91. The lowest BCUT2D eigenvalue weighted by atomic mass is 10.1. The van der Waals surface area contributed by atoms with Gasteiger partial charge in [-0.05, 0) is 39.3 Å². The van der Waals surface area contributed by atoms with Crippen LogP contribution in [0.25, 0.3) is 10.7 Å². The summed E-state index contributed by atoms with van der Waals surface area (Å²) in [5.41, 5.74) is -0.489. The van der Waals surface area contributed by atoms with Crippen molar-refractivity contribution in [2.75, 3.05) is 0 Å². The fourth-order valence-corrected chi connectivity index (χ4v) is 3.60. The van der Waals surface area contributed by atoms with Gasteiger partial charge in [-0.15, -0.1) is 21.5 Å². The van der Waals surface area contributed by atoms with Gasteiger partial charge in [-0.3, -0.25) is 4.57 Å². The standard InChI is InChI=1S/C12H18N4O2S2/c1-5-8-6-7-9(19-8)10-14-15-11(20(13,17)18)16(10)12(2,3)4/h6-7H,5H2,1-4H3,(H2,13,17,18). The van der Waals surface area contributed by atoms with E-state index in [1.807, 2.05) is 32.9 Å². The van der Waals surface area contributed by atoms with Gasteiger partial charge in [-0.2, -0.15) is 0 Å². The maximum atomic E-state index is 11.7. The quantitative estimate of drug-likeness (QED) is 0.937. The van der Waals surface area contributed by atoms with Crippen LogP contribution in [0.5, 0.6) is 0 Å². The van der Waals surface area contributed by atoms with Crippen molar-refractivity contribution in [2.24, 2.45) is 5.14 Å². The third-order valence-corrected chi connectivity index (χ3v) is 4.79. The minimum absolute atomic E-state index is 0.202. The van der Waals surface area contributed by atoms with E-state index in [0.29, 0.717) is 5.82 Å². The molecule has 0 spiro atoms. The number of nitrogens with two attached hydrogens (primary N) is 1. The lowest BCUT2D eigenvalue weighted by Gasteiger charge is -2.23. The van der Waals surface area contributed by atoms with Gasteiger partial charge in [0.05, 0.1) is 4.88 Å². The number of thiophene rings is 1. The number of aryl methyl sites for hydroxylation is 1. The molecule has 0 fully saturated rings. The van der Waals surface area contributed by atoms with Crippen molar-refractivity contribution < 1.29 is 8.42 Å². The molecule has 20 heavy (non-hydrogen) atoms. The maximum absolute atomic E-state index is 11.7. The van der Waals surface area contributed by atoms with Crippen molar-refractivity contribution in [3.8, 4) is 10.7 Å². The molecular weight excluding hydrogens is 296 g/mol. The zero-order chi connectivity index (χ0) is 15.1. The van der Waals surface area contributed by atoms with Crippen LogP contribution in [0, 0.1) is 0 Å². The van der Waals surface area contributed by atoms with E-state index in [0.717, 1.165) is 11.3 Å². The van der Waals surface area contributed by atoms with Crippen molar-refractivity contribution in [2.45, 2.75) is 44.8 Å². The van der Waals surface area contributed by atoms with Crippen LogP contribution in [0.3, 0.4) is 0 Å². The lowest BCUT2D eigenvalue weighted by molar-refractivity contribution is 0.366. The van der Waals surface area contributed by atoms with Crippen molar-refractivity contribution in [3.05, 3.63) is 17.0 Å². The topological polar surface area (TPSA) is 90.9 Å². The van der Waals surface area contributed by atoms with Crippen molar-refractivity contribution in [1.82, 2.24) is 14.8 Å². The number of nitrogens with zero attached hydrogens (tertiary/aromatic N) is 3. The Hall–Kier alpha value is -1.25. The molecule has 0 amide bonds. The fraction of sp³-hybridized carbons (Fsp3) is 0.500. The van der Waals surface area contributed by atoms with E-state index < -0.39 is 15.6 Å². The molecule has 0 bridgehead atoms. The zero-order valence-electron chi connectivity index (χ0n) is 11.9. The molecule has 0 aliphatic heterocycles. The minimum atomic E-state index is -3.91. The van der Waals surface area contributed by atoms with E-state index in [-0.39, 0.29) is 5.16 Å². The summed E-state index contributed by atoms with van der Waals surface area (Å²) in [4.78, 5) is 2.10. The summed E-state index contributed by atoms with van der Waals surface area (Å²) >= 11 is 1.58. The van der Waals surface area contributed by atoms with Crippen LogP contribution in [0.4, 0.5) is 0 Å². The molecular formula is C12H18N4O2S2. The molecule has 6 nitrogen and oxygen atoms in total. The number of sulfonamides is 1. The number of aromatic nitrogens is 3. The molecule has 0 saturated heterocycles. The fourth-order valence-electron chi connectivity index (χ4n) is 1.91. The Morgan fingerprint density at radius 1 is 1.30 bits per heavy atom. The third-order valence-electron chi connectivity index (χ3n) is 2.79. The van der Waals surface area contributed by atoms with Crippen molar-refractivity contribution >= 4 is 21.4 Å². The Balaban J connectivity index is 2.69. The maximum Gasteiger partial charge on any atom is 0.273 e. The van der Waals surface area contributed by atoms with Gasteiger partial charge in [-0.25, -0.2) is 13.6 Å². The van der Waals surface area contributed by atoms with Gasteiger partial charge in [0.1, 0.15) is 0 Å². The average Bonchev–Trinajstić information content (AvgIpc) is 2.93. The van der Waals surface area contributed by atoms with E-state index in [2.05, 4.69) is 17.1 Å². The average molecular weight is 314 g/mol. The van der Waals surface area contributed by atoms with Crippen LogP contribution in [0.15, 0.2) is 17.3 Å². The van der Waals surface area contributed by atoms with E-state index in [9.17, 15) is 8.42 Å². The second-order valence-electron chi connectivity index (χ2n) is 5.48. The summed E-state index contributed by atoms with van der Waals surface area (Å²) in [6.07, 6.45) is 0.927. The van der Waals surface area contributed by atoms with Crippen LogP contribution >= 0.6 is 11.3 Å². The molecule has 8 heteroatoms. The first-order valence-corrected chi connectivity index (χ1v) is 8.58. The van der Waals surface area contributed by atoms with Gasteiger partial charge >= 0.3 is 0 Å². The Morgan fingerprint density at radius 3 is 2.40 bits per heavy atom. The second-order valence-corrected chi connectivity index (χ2v) is 8.10. The van der Waals surface area contributed by atoms with Gasteiger partial charge in [0.15, 0.2) is 5.82 Å². The second kappa shape index (κ2) is 4.94. The van der Waals surface area contributed by atoms with Gasteiger partial charge in [-0.1, -0.05) is 6.92 Å². The monoisotopic (exact) mass is 314 g/mol. The van der Waals surface area contributed by atoms with Crippen LogP contribution in [0.1, 0.15) is 32.6 Å². The largest absolute Gasteiger partial charge is 0.291 e. The van der Waals surface area contributed by atoms with Gasteiger partial charge in [0.2, 0.25) is 0 Å². The molecule has 0 atom stereocenters. The summed E-state index contributed by atoms with van der Waals surface area (Å²) < 4.78 is 24.9. The first kappa shape index (κ1) is 15.1. The van der Waals surface area contributed by atoms with Crippen molar-refractivity contribution in [1.29, 1.82) is 0 Å². The number of rotatable bonds is 3. The smallest absolute Gasteiger partial charge is 0.273 e. The SMILES string of the molecule is CCc1ccc(-c2nnc(S(N)(=O)=O)n2C(C)(C)C)s1. The molecule has 0 aromatic carbocycles. The third kappa shape index (κ3) is 2.77. The van der Waals surface area contributed by atoms with E-state index in [1.54, 1.807) is 15.9 Å². The normalized spacial score (nSPS) is 12.8. The first-order chi connectivity index (χ1) is 9.14. The molecule has 0 unspecified atom stereocenters. The Labute approximate surface area is 122 Å². The molecule has 0 aliphatic carbocycles. The van der Waals surface area contributed by atoms with Gasteiger partial charge in [0.25, 0.3) is 15.2 Å². The Kier molecular flexibility index (Phi) is 3.74. The van der Waals surface area contributed by atoms with Gasteiger partial charge in [0, 0.05) is 10.4 Å². The highest BCUT2D eigenvalue weighted by molar-refractivity contribution is 7.89. The molecule has 2 heterocycles. The number of hydrogen-bond donors (Lipinski definition) is 1. The number of hydrogen-bond acceptors (Lipinski definition) is 5. The van der Waals surface area contributed by atoms with E-state index >= 15 is 0 Å². The Morgan fingerprint density at radius 2 is 1.95 bits per heavy atom. The number of primary sulfonamides is 1. The molecule has 2 aromatic heterocycles.